The van der Waals surface area contributed by atoms with E-state index in [0.717, 1.165) is 43.1 Å². The van der Waals surface area contributed by atoms with E-state index in [2.05, 4.69) is 72.9 Å². The summed E-state index contributed by atoms with van der Waals surface area (Å²) in [7, 11) is 5.05. The summed E-state index contributed by atoms with van der Waals surface area (Å²) in [5.41, 5.74) is 4.95. The maximum absolute atomic E-state index is 5.47. The summed E-state index contributed by atoms with van der Waals surface area (Å²) in [6, 6.07) is 23.2. The van der Waals surface area contributed by atoms with Crippen LogP contribution in [-0.2, 0) is 12.8 Å². The van der Waals surface area contributed by atoms with E-state index in [-0.39, 0.29) is 0 Å². The van der Waals surface area contributed by atoms with Crippen molar-refractivity contribution in [3.05, 3.63) is 89.0 Å². The molecular weight excluding hydrogens is 410 g/mol. The topological polar surface area (TPSA) is 39.7 Å². The van der Waals surface area contributed by atoms with Crippen LogP contribution in [0.5, 0.6) is 17.2 Å². The number of hydrogen-bond donors (Lipinski definition) is 1. The standard InChI is InChI=1S/C29H35NO3/c1-22(30-18-8-11-24-13-17-28(32-3)29(20-24)33-4)19-26-21-27(31-2)16-15-25(26)14-12-23-9-6-5-7-10-23/h5-7,9-10,12-17,20-22,30H,8,11,18-19H2,1-4H3/b14-12+. The van der Waals surface area contributed by atoms with Crippen molar-refractivity contribution in [2.75, 3.05) is 27.9 Å². The molecule has 3 aromatic carbocycles. The van der Waals surface area contributed by atoms with Gasteiger partial charge in [-0.3, -0.25) is 0 Å². The minimum absolute atomic E-state index is 0.353. The van der Waals surface area contributed by atoms with Crippen molar-refractivity contribution in [2.45, 2.75) is 32.2 Å². The van der Waals surface area contributed by atoms with E-state index >= 15 is 0 Å². The van der Waals surface area contributed by atoms with Gasteiger partial charge in [0.05, 0.1) is 21.3 Å². The van der Waals surface area contributed by atoms with Gasteiger partial charge in [-0.2, -0.15) is 0 Å². The maximum Gasteiger partial charge on any atom is 0.160 e. The highest BCUT2D eigenvalue weighted by molar-refractivity contribution is 5.71. The average Bonchev–Trinajstić information content (AvgIpc) is 2.86. The van der Waals surface area contributed by atoms with Gasteiger partial charge in [-0.1, -0.05) is 54.6 Å². The Balaban J connectivity index is 1.56. The van der Waals surface area contributed by atoms with E-state index in [4.69, 9.17) is 14.2 Å². The highest BCUT2D eigenvalue weighted by Crippen LogP contribution is 2.28. The maximum atomic E-state index is 5.47. The Kier molecular flexibility index (Phi) is 9.40. The molecule has 1 N–H and O–H groups in total. The minimum atomic E-state index is 0.353. The predicted molar refractivity (Wildman–Crippen MR) is 137 cm³/mol. The molecule has 0 aliphatic rings. The third kappa shape index (κ3) is 7.40. The lowest BCUT2D eigenvalue weighted by Gasteiger charge is -2.16. The third-order valence-corrected chi connectivity index (χ3v) is 5.71. The van der Waals surface area contributed by atoms with Gasteiger partial charge in [-0.25, -0.2) is 0 Å². The summed E-state index contributed by atoms with van der Waals surface area (Å²) >= 11 is 0. The Morgan fingerprint density at radius 2 is 1.61 bits per heavy atom. The summed E-state index contributed by atoms with van der Waals surface area (Å²) in [6.45, 7) is 3.19. The summed E-state index contributed by atoms with van der Waals surface area (Å²) in [6.07, 6.45) is 7.32. The third-order valence-electron chi connectivity index (χ3n) is 5.71. The van der Waals surface area contributed by atoms with Crippen LogP contribution < -0.4 is 19.5 Å². The molecule has 0 fully saturated rings. The first-order chi connectivity index (χ1) is 16.1. The van der Waals surface area contributed by atoms with E-state index in [1.165, 1.54) is 22.3 Å². The molecule has 0 spiro atoms. The van der Waals surface area contributed by atoms with Gasteiger partial charge in [0.25, 0.3) is 0 Å². The Bertz CT molecular complexity index is 1030. The van der Waals surface area contributed by atoms with Gasteiger partial charge in [0, 0.05) is 6.04 Å². The Hall–Kier alpha value is -3.24. The lowest BCUT2D eigenvalue weighted by Crippen LogP contribution is -2.29. The van der Waals surface area contributed by atoms with E-state index in [0.29, 0.717) is 6.04 Å². The van der Waals surface area contributed by atoms with Gasteiger partial charge < -0.3 is 19.5 Å². The summed E-state index contributed by atoms with van der Waals surface area (Å²) in [5.74, 6) is 2.44. The fraction of sp³-hybridized carbons (Fsp3) is 0.310. The fourth-order valence-electron chi connectivity index (χ4n) is 3.88. The van der Waals surface area contributed by atoms with Crippen LogP contribution in [0.4, 0.5) is 0 Å². The SMILES string of the molecule is COc1ccc(/C=C/c2ccccc2)c(CC(C)NCCCc2ccc(OC)c(OC)c2)c1. The molecule has 1 atom stereocenters. The van der Waals surface area contributed by atoms with Crippen LogP contribution in [0, 0.1) is 0 Å². The number of nitrogens with one attached hydrogen (secondary N) is 1. The first-order valence-corrected chi connectivity index (χ1v) is 11.5. The lowest BCUT2D eigenvalue weighted by molar-refractivity contribution is 0.354. The Labute approximate surface area is 198 Å². The average molecular weight is 446 g/mol. The zero-order chi connectivity index (χ0) is 23.5. The van der Waals surface area contributed by atoms with Gasteiger partial charge in [-0.05, 0) is 79.3 Å². The first-order valence-electron chi connectivity index (χ1n) is 11.5. The van der Waals surface area contributed by atoms with Gasteiger partial charge in [0.15, 0.2) is 11.5 Å². The molecule has 0 aromatic heterocycles. The second-order valence-corrected chi connectivity index (χ2v) is 8.16. The molecule has 0 radical (unpaired) electrons. The predicted octanol–water partition coefficient (Wildman–Crippen LogP) is 6.04. The lowest BCUT2D eigenvalue weighted by atomic mass is 9.99. The van der Waals surface area contributed by atoms with Gasteiger partial charge in [0.1, 0.15) is 5.75 Å². The van der Waals surface area contributed by atoms with Crippen molar-refractivity contribution < 1.29 is 14.2 Å². The molecule has 0 amide bonds. The molecule has 3 rings (SSSR count). The highest BCUT2D eigenvalue weighted by Gasteiger charge is 2.09. The Morgan fingerprint density at radius 1 is 0.818 bits per heavy atom. The van der Waals surface area contributed by atoms with Crippen molar-refractivity contribution in [3.63, 3.8) is 0 Å². The van der Waals surface area contributed by atoms with Crippen LogP contribution in [0.3, 0.4) is 0 Å². The molecule has 0 heterocycles. The summed E-state index contributed by atoms with van der Waals surface area (Å²) < 4.78 is 16.2. The van der Waals surface area contributed by atoms with Crippen molar-refractivity contribution in [1.82, 2.24) is 5.32 Å². The van der Waals surface area contributed by atoms with E-state index in [1.807, 2.05) is 18.2 Å². The molecular formula is C29H35NO3. The molecule has 1 unspecified atom stereocenters. The van der Waals surface area contributed by atoms with Gasteiger partial charge in [0.2, 0.25) is 0 Å². The number of aryl methyl sites for hydroxylation is 1. The quantitative estimate of drug-likeness (QED) is 0.273. The smallest absolute Gasteiger partial charge is 0.160 e. The monoisotopic (exact) mass is 445 g/mol. The van der Waals surface area contributed by atoms with Crippen LogP contribution in [0.2, 0.25) is 0 Å². The first kappa shape index (κ1) is 24.4. The van der Waals surface area contributed by atoms with Crippen LogP contribution >= 0.6 is 0 Å². The number of benzene rings is 3. The molecule has 0 aliphatic carbocycles. The molecule has 4 heteroatoms. The minimum Gasteiger partial charge on any atom is -0.497 e. The zero-order valence-electron chi connectivity index (χ0n) is 20.1. The molecule has 0 bridgehead atoms. The second kappa shape index (κ2) is 12.7. The number of hydrogen-bond acceptors (Lipinski definition) is 4. The zero-order valence-corrected chi connectivity index (χ0v) is 20.1. The molecule has 174 valence electrons. The number of methoxy groups -OCH3 is 3. The van der Waals surface area contributed by atoms with Gasteiger partial charge in [-0.15, -0.1) is 0 Å². The van der Waals surface area contributed by atoms with Crippen LogP contribution in [0.1, 0.15) is 35.6 Å². The van der Waals surface area contributed by atoms with Crippen molar-refractivity contribution >= 4 is 12.2 Å². The van der Waals surface area contributed by atoms with Crippen LogP contribution in [0.25, 0.3) is 12.2 Å². The number of ether oxygens (including phenoxy) is 3. The molecule has 0 saturated carbocycles. The summed E-state index contributed by atoms with van der Waals surface area (Å²) in [5, 5.41) is 3.67. The molecule has 33 heavy (non-hydrogen) atoms. The Morgan fingerprint density at radius 3 is 2.33 bits per heavy atom. The van der Waals surface area contributed by atoms with Crippen molar-refractivity contribution in [2.24, 2.45) is 0 Å². The van der Waals surface area contributed by atoms with E-state index in [9.17, 15) is 0 Å². The second-order valence-electron chi connectivity index (χ2n) is 8.16. The summed E-state index contributed by atoms with van der Waals surface area (Å²) in [4.78, 5) is 0. The highest BCUT2D eigenvalue weighted by atomic mass is 16.5. The fourth-order valence-corrected chi connectivity index (χ4v) is 3.88. The number of rotatable bonds is 12. The molecule has 0 saturated heterocycles. The van der Waals surface area contributed by atoms with Crippen molar-refractivity contribution in [3.8, 4) is 17.2 Å². The molecule has 4 nitrogen and oxygen atoms in total. The normalized spacial score (nSPS) is 12.0. The molecule has 0 aliphatic heterocycles. The van der Waals surface area contributed by atoms with E-state index in [1.54, 1.807) is 21.3 Å². The van der Waals surface area contributed by atoms with Crippen molar-refractivity contribution in [1.29, 1.82) is 0 Å². The van der Waals surface area contributed by atoms with Crippen LogP contribution in [-0.4, -0.2) is 33.9 Å². The molecule has 3 aromatic rings. The largest absolute Gasteiger partial charge is 0.497 e. The van der Waals surface area contributed by atoms with E-state index < -0.39 is 0 Å². The van der Waals surface area contributed by atoms with Gasteiger partial charge >= 0.3 is 0 Å². The van der Waals surface area contributed by atoms with Crippen LogP contribution in [0.15, 0.2) is 66.7 Å².